The molecule has 1 N–H and O–H groups in total. The topological polar surface area (TPSA) is 82.2 Å². The molecule has 0 aliphatic carbocycles. The van der Waals surface area contributed by atoms with Gasteiger partial charge >= 0.3 is 5.97 Å². The standard InChI is InChI=1S/C32H34N4O4/c1-34-15-17-36(18-16-34)21-29(37)35(2)25-12-9-22(10-13-25)19-27(23-7-5-4-6-8-23)30-26-14-11-24(32(39)40-3)20-28(26)33-31(30)38/h4-14,20H,15-19,21H2,1-3H3,(H,33,38)/b30-27+/i2D3,9D,10D,11D,12D,13D,14D,20D,21D2. The lowest BCUT2D eigenvalue weighted by Crippen LogP contribution is -2.48. The van der Waals surface area contributed by atoms with Gasteiger partial charge in [0.1, 0.15) is 0 Å². The van der Waals surface area contributed by atoms with Crippen molar-refractivity contribution < 1.29 is 35.6 Å². The highest BCUT2D eigenvalue weighted by Crippen LogP contribution is 2.39. The number of hydrogen-bond acceptors (Lipinski definition) is 6. The molecule has 0 bridgehead atoms. The van der Waals surface area contributed by atoms with Gasteiger partial charge in [-0.3, -0.25) is 14.5 Å². The Labute approximate surface area is 251 Å². The van der Waals surface area contributed by atoms with E-state index in [0.717, 1.165) is 12.0 Å². The van der Waals surface area contributed by atoms with Gasteiger partial charge in [0.2, 0.25) is 5.91 Å². The number of ether oxygens (including phenoxy) is 1. The highest BCUT2D eigenvalue weighted by atomic mass is 16.5. The predicted molar refractivity (Wildman–Crippen MR) is 157 cm³/mol. The van der Waals surface area contributed by atoms with E-state index in [9.17, 15) is 14.4 Å². The van der Waals surface area contributed by atoms with Gasteiger partial charge in [0.05, 0.1) is 37.1 Å². The van der Waals surface area contributed by atoms with Crippen LogP contribution in [0.1, 0.15) is 43.5 Å². The molecule has 3 aromatic carbocycles. The number of benzene rings is 3. The van der Waals surface area contributed by atoms with E-state index in [1.54, 1.807) is 37.4 Å². The Kier molecular flexibility index (Phi) is 4.77. The first-order valence-electron chi connectivity index (χ1n) is 18.4. The molecular formula is C32H34N4O4. The summed E-state index contributed by atoms with van der Waals surface area (Å²) >= 11 is 0. The zero-order chi connectivity index (χ0) is 38.6. The maximum absolute atomic E-state index is 13.8. The van der Waals surface area contributed by atoms with E-state index >= 15 is 0 Å². The molecular weight excluding hydrogens is 504 g/mol. The number of carbonyl (C=O) groups is 3. The molecule has 5 rings (SSSR count). The summed E-state index contributed by atoms with van der Waals surface area (Å²) < 4.78 is 108. The number of rotatable bonds is 7. The second-order valence-electron chi connectivity index (χ2n) is 9.21. The van der Waals surface area contributed by atoms with Crippen molar-refractivity contribution in [1.82, 2.24) is 9.80 Å². The van der Waals surface area contributed by atoms with Gasteiger partial charge in [-0.1, -0.05) is 48.5 Å². The highest BCUT2D eigenvalue weighted by Gasteiger charge is 2.29. The number of hydrogen-bond donors (Lipinski definition) is 1. The molecule has 206 valence electrons. The van der Waals surface area contributed by atoms with Crippen LogP contribution in [0.15, 0.2) is 72.6 Å². The number of piperazine rings is 1. The summed E-state index contributed by atoms with van der Waals surface area (Å²) in [5.74, 6) is -3.50. The summed E-state index contributed by atoms with van der Waals surface area (Å²) in [5, 5.41) is 2.48. The molecule has 2 amide bonds. The van der Waals surface area contributed by atoms with Gasteiger partial charge in [-0.2, -0.15) is 0 Å². The average molecular weight is 551 g/mol. The molecule has 2 aliphatic rings. The zero-order valence-electron chi connectivity index (χ0n) is 33.9. The second kappa shape index (κ2) is 11.9. The van der Waals surface area contributed by atoms with Gasteiger partial charge in [0.25, 0.3) is 5.91 Å². The molecule has 0 radical (unpaired) electrons. The molecule has 0 aromatic heterocycles. The molecule has 8 nitrogen and oxygen atoms in total. The van der Waals surface area contributed by atoms with Crippen LogP contribution in [0.2, 0.25) is 0 Å². The number of methoxy groups -OCH3 is 1. The van der Waals surface area contributed by atoms with Crippen LogP contribution in [0.3, 0.4) is 0 Å². The van der Waals surface area contributed by atoms with Crippen molar-refractivity contribution in [2.75, 3.05) is 64.0 Å². The lowest BCUT2D eigenvalue weighted by molar-refractivity contribution is -0.119. The Balaban J connectivity index is 1.71. The molecule has 40 heavy (non-hydrogen) atoms. The molecule has 1 fully saturated rings. The summed E-state index contributed by atoms with van der Waals surface area (Å²) in [4.78, 5) is 42.9. The van der Waals surface area contributed by atoms with Gasteiger partial charge in [-0.15, -0.1) is 0 Å². The molecule has 1 saturated heterocycles. The van der Waals surface area contributed by atoms with Crippen molar-refractivity contribution in [2.45, 2.75) is 6.42 Å². The van der Waals surface area contributed by atoms with Crippen LogP contribution >= 0.6 is 0 Å². The SMILES string of the molecule is [2H]c1c([2H])c(N(C(=O)C([2H])([2H])N2CCN(C)CC2)C([2H])([2H])[2H])c([2H])c([2H])c1C/C(=C1\C(=O)Nc2c([2H])c(C(=O)OC)c([2H])c([2H])c21)c1ccccc1. The fourth-order valence-corrected chi connectivity index (χ4v) is 4.36. The van der Waals surface area contributed by atoms with Crippen molar-refractivity contribution in [3.05, 3.63) is 94.9 Å². The van der Waals surface area contributed by atoms with Crippen LogP contribution in [0.5, 0.6) is 0 Å². The van der Waals surface area contributed by atoms with Crippen molar-refractivity contribution in [3.8, 4) is 0 Å². The van der Waals surface area contributed by atoms with E-state index in [1.807, 2.05) is 4.90 Å². The first kappa shape index (κ1) is 16.1. The van der Waals surface area contributed by atoms with E-state index in [-0.39, 0.29) is 45.9 Å². The van der Waals surface area contributed by atoms with Crippen LogP contribution in [0, 0.1) is 0 Å². The number of nitrogens with zero attached hydrogens (tertiary/aromatic N) is 3. The van der Waals surface area contributed by atoms with E-state index in [4.69, 9.17) is 16.4 Å². The first-order valence-corrected chi connectivity index (χ1v) is 12.4. The Morgan fingerprint density at radius 3 is 2.45 bits per heavy atom. The molecule has 3 aromatic rings. The first-order chi connectivity index (χ1) is 24.2. The van der Waals surface area contributed by atoms with Crippen molar-refractivity contribution in [2.24, 2.45) is 0 Å². The van der Waals surface area contributed by atoms with Gasteiger partial charge in [0.15, 0.2) is 0 Å². The van der Waals surface area contributed by atoms with Gasteiger partial charge in [-0.25, -0.2) is 4.79 Å². The van der Waals surface area contributed by atoms with Gasteiger partial charge in [-0.05, 0) is 54.3 Å². The summed E-state index contributed by atoms with van der Waals surface area (Å²) in [6.07, 6.45) is -0.523. The fraction of sp³-hybridized carbons (Fsp3) is 0.281. The van der Waals surface area contributed by atoms with Gasteiger partial charge < -0.3 is 19.9 Å². The third-order valence-corrected chi connectivity index (χ3v) is 6.54. The minimum absolute atomic E-state index is 0.0100. The lowest BCUT2D eigenvalue weighted by atomic mass is 9.90. The van der Waals surface area contributed by atoms with Crippen LogP contribution in [-0.2, 0) is 20.7 Å². The van der Waals surface area contributed by atoms with Crippen molar-refractivity contribution in [3.63, 3.8) is 0 Å². The van der Waals surface area contributed by atoms with E-state index < -0.39 is 91.2 Å². The number of carbonyl (C=O) groups excluding carboxylic acids is 3. The van der Waals surface area contributed by atoms with E-state index in [1.165, 1.54) is 0 Å². The Morgan fingerprint density at radius 1 is 1.05 bits per heavy atom. The summed E-state index contributed by atoms with van der Waals surface area (Å²) in [7, 11) is 2.84. The highest BCUT2D eigenvalue weighted by molar-refractivity contribution is 6.37. The zero-order valence-corrected chi connectivity index (χ0v) is 21.9. The number of allylic oxidation sites excluding steroid dienone is 1. The van der Waals surface area contributed by atoms with Crippen molar-refractivity contribution >= 4 is 40.3 Å². The number of likely N-dealkylation sites (N-methyl/N-ethyl adjacent to an activating group) is 2. The quantitative estimate of drug-likeness (QED) is 0.356. The fourth-order valence-electron chi connectivity index (χ4n) is 4.36. The van der Waals surface area contributed by atoms with Crippen LogP contribution in [0.4, 0.5) is 11.4 Å². The number of esters is 1. The molecule has 0 atom stereocenters. The predicted octanol–water partition coefficient (Wildman–Crippen LogP) is 3.79. The number of nitrogens with one attached hydrogen (secondary N) is 1. The van der Waals surface area contributed by atoms with Crippen LogP contribution in [-0.4, -0.2) is 81.4 Å². The maximum atomic E-state index is 13.8. The summed E-state index contributed by atoms with van der Waals surface area (Å²) in [5.41, 5.74) is -2.13. The monoisotopic (exact) mass is 550 g/mol. The minimum atomic E-state index is -3.43. The molecule has 2 heterocycles. The van der Waals surface area contributed by atoms with Crippen LogP contribution < -0.4 is 10.2 Å². The minimum Gasteiger partial charge on any atom is -0.465 e. The molecule has 2 aliphatic heterocycles. The molecule has 0 unspecified atom stereocenters. The van der Waals surface area contributed by atoms with E-state index in [2.05, 4.69) is 10.1 Å². The summed E-state index contributed by atoms with van der Waals surface area (Å²) in [6.45, 7) is -5.38. The molecule has 8 heteroatoms. The normalized spacial score (nSPS) is 21.7. The molecule has 0 saturated carbocycles. The smallest absolute Gasteiger partial charge is 0.337 e. The van der Waals surface area contributed by atoms with Crippen LogP contribution in [0.25, 0.3) is 11.1 Å². The Hall–Kier alpha value is -4.27. The number of amides is 2. The maximum Gasteiger partial charge on any atom is 0.337 e. The summed E-state index contributed by atoms with van der Waals surface area (Å²) in [6, 6.07) is 2.74. The average Bonchev–Trinajstić information content (AvgIpc) is 3.45. The largest absolute Gasteiger partial charge is 0.465 e. The van der Waals surface area contributed by atoms with Gasteiger partial charge in [0, 0.05) is 54.2 Å². The van der Waals surface area contributed by atoms with E-state index in [0.29, 0.717) is 18.7 Å². The number of anilines is 2. The Morgan fingerprint density at radius 2 is 1.77 bits per heavy atom. The second-order valence-corrected chi connectivity index (χ2v) is 9.21. The third kappa shape index (κ3) is 5.83. The Bertz CT molecular complexity index is 1980. The van der Waals surface area contributed by atoms with Crippen molar-refractivity contribution in [1.29, 1.82) is 0 Å². The lowest BCUT2D eigenvalue weighted by Gasteiger charge is -2.32. The third-order valence-electron chi connectivity index (χ3n) is 6.54. The number of fused-ring (bicyclic) bond motifs is 1. The molecule has 0 spiro atoms.